The zero-order valence-electron chi connectivity index (χ0n) is 14.2. The highest BCUT2D eigenvalue weighted by Crippen LogP contribution is 2.32. The summed E-state index contributed by atoms with van der Waals surface area (Å²) in [6, 6.07) is 13.3. The van der Waals surface area contributed by atoms with Crippen LogP contribution in [0, 0.1) is 11.3 Å². The van der Waals surface area contributed by atoms with Crippen molar-refractivity contribution in [1.29, 1.82) is 5.26 Å². The predicted octanol–water partition coefficient (Wildman–Crippen LogP) is 4.00. The zero-order valence-corrected chi connectivity index (χ0v) is 14.2. The number of amides is 1. The second-order valence-electron chi connectivity index (χ2n) is 5.75. The fraction of sp³-hybridized carbons (Fsp3) is 0.263. The molecule has 0 radical (unpaired) electrons. The second-order valence-corrected chi connectivity index (χ2v) is 5.75. The van der Waals surface area contributed by atoms with E-state index in [9.17, 15) is 18.0 Å². The lowest BCUT2D eigenvalue weighted by Crippen LogP contribution is -2.37. The summed E-state index contributed by atoms with van der Waals surface area (Å²) in [5, 5.41) is 8.76. The molecule has 0 spiro atoms. The van der Waals surface area contributed by atoms with E-state index < -0.39 is 23.8 Å². The molecule has 1 atom stereocenters. The first-order chi connectivity index (χ1) is 12.2. The van der Waals surface area contributed by atoms with Crippen LogP contribution in [0.4, 0.5) is 13.2 Å². The van der Waals surface area contributed by atoms with E-state index in [0.29, 0.717) is 11.3 Å². The van der Waals surface area contributed by atoms with Crippen molar-refractivity contribution < 1.29 is 22.7 Å². The van der Waals surface area contributed by atoms with Crippen LogP contribution < -0.4 is 4.74 Å². The molecule has 0 heterocycles. The third-order valence-corrected chi connectivity index (χ3v) is 3.75. The fourth-order valence-corrected chi connectivity index (χ4v) is 2.44. The number of likely N-dealkylation sites (N-methyl/N-ethyl adjacent to an activating group) is 1. The van der Waals surface area contributed by atoms with Gasteiger partial charge in [0, 0.05) is 13.6 Å². The van der Waals surface area contributed by atoms with Crippen LogP contribution in [0.25, 0.3) is 0 Å². The first-order valence-corrected chi connectivity index (χ1v) is 7.79. The molecular formula is C19H17F3N2O2. The van der Waals surface area contributed by atoms with E-state index in [0.717, 1.165) is 6.07 Å². The Kier molecular flexibility index (Phi) is 5.88. The van der Waals surface area contributed by atoms with Crippen LogP contribution in [0.5, 0.6) is 5.75 Å². The summed E-state index contributed by atoms with van der Waals surface area (Å²) in [7, 11) is 1.42. The molecule has 2 aromatic rings. The van der Waals surface area contributed by atoms with E-state index in [1.165, 1.54) is 37.1 Å². The van der Waals surface area contributed by atoms with Crippen molar-refractivity contribution in [1.82, 2.24) is 4.90 Å². The minimum absolute atomic E-state index is 0.0152. The van der Waals surface area contributed by atoms with Gasteiger partial charge in [-0.1, -0.05) is 18.2 Å². The predicted molar refractivity (Wildman–Crippen MR) is 89.2 cm³/mol. The number of ether oxygens (including phenoxy) is 1. The van der Waals surface area contributed by atoms with E-state index in [4.69, 9.17) is 10.00 Å². The third kappa shape index (κ3) is 4.76. The molecule has 1 amide bonds. The van der Waals surface area contributed by atoms with Crippen LogP contribution in [0.15, 0.2) is 48.5 Å². The SMILES string of the molecule is CC(Oc1ccc(C#N)cc1)C(=O)N(C)Cc1ccccc1C(F)(F)F. The van der Waals surface area contributed by atoms with Gasteiger partial charge in [-0.15, -0.1) is 0 Å². The monoisotopic (exact) mass is 362 g/mol. The lowest BCUT2D eigenvalue weighted by Gasteiger charge is -2.23. The molecule has 4 nitrogen and oxygen atoms in total. The summed E-state index contributed by atoms with van der Waals surface area (Å²) in [6.45, 7) is 1.34. The fourth-order valence-electron chi connectivity index (χ4n) is 2.44. The van der Waals surface area contributed by atoms with Gasteiger partial charge in [0.15, 0.2) is 6.10 Å². The number of carbonyl (C=O) groups is 1. The van der Waals surface area contributed by atoms with Crippen LogP contribution in [-0.4, -0.2) is 24.0 Å². The molecule has 0 aliphatic carbocycles. The molecule has 2 aromatic carbocycles. The smallest absolute Gasteiger partial charge is 0.416 e. The zero-order chi connectivity index (χ0) is 19.3. The maximum atomic E-state index is 13.1. The molecule has 0 fully saturated rings. The maximum absolute atomic E-state index is 13.1. The Morgan fingerprint density at radius 3 is 2.38 bits per heavy atom. The summed E-state index contributed by atoms with van der Waals surface area (Å²) in [5.74, 6) is -0.0553. The molecule has 0 aliphatic rings. The Labute approximate surface area is 149 Å². The largest absolute Gasteiger partial charge is 0.481 e. The topological polar surface area (TPSA) is 53.3 Å². The molecule has 7 heteroatoms. The highest BCUT2D eigenvalue weighted by atomic mass is 19.4. The highest BCUT2D eigenvalue weighted by molar-refractivity contribution is 5.80. The summed E-state index contributed by atoms with van der Waals surface area (Å²) in [5.41, 5.74) is -0.293. The van der Waals surface area contributed by atoms with Gasteiger partial charge in [-0.05, 0) is 42.8 Å². The number of nitrogens with zero attached hydrogens (tertiary/aromatic N) is 2. The molecule has 0 bridgehead atoms. The van der Waals surface area contributed by atoms with Gasteiger partial charge in [-0.2, -0.15) is 18.4 Å². The van der Waals surface area contributed by atoms with Gasteiger partial charge in [0.25, 0.3) is 5.91 Å². The Morgan fingerprint density at radius 2 is 1.81 bits per heavy atom. The Bertz CT molecular complexity index is 811. The standard InChI is InChI=1S/C19H17F3N2O2/c1-13(26-16-9-7-14(11-23)8-10-16)18(25)24(2)12-15-5-3-4-6-17(15)19(20,21)22/h3-10,13H,12H2,1-2H3. The van der Waals surface area contributed by atoms with Gasteiger partial charge in [0.2, 0.25) is 0 Å². The maximum Gasteiger partial charge on any atom is 0.416 e. The molecule has 0 saturated carbocycles. The molecule has 0 saturated heterocycles. The number of hydrogen-bond acceptors (Lipinski definition) is 3. The van der Waals surface area contributed by atoms with Crippen molar-refractivity contribution in [3.05, 3.63) is 65.2 Å². The van der Waals surface area contributed by atoms with Crippen LogP contribution in [0.1, 0.15) is 23.6 Å². The first-order valence-electron chi connectivity index (χ1n) is 7.79. The van der Waals surface area contributed by atoms with Crippen LogP contribution in [0.2, 0.25) is 0 Å². The van der Waals surface area contributed by atoms with Gasteiger partial charge < -0.3 is 9.64 Å². The van der Waals surface area contributed by atoms with Gasteiger partial charge in [-0.3, -0.25) is 4.79 Å². The molecule has 26 heavy (non-hydrogen) atoms. The Balaban J connectivity index is 2.06. The van der Waals surface area contributed by atoms with Crippen LogP contribution in [-0.2, 0) is 17.5 Å². The van der Waals surface area contributed by atoms with Crippen LogP contribution in [0.3, 0.4) is 0 Å². The average Bonchev–Trinajstić information content (AvgIpc) is 2.61. The highest BCUT2D eigenvalue weighted by Gasteiger charge is 2.33. The number of halogens is 3. The lowest BCUT2D eigenvalue weighted by atomic mass is 10.1. The van der Waals surface area contributed by atoms with Crippen LogP contribution >= 0.6 is 0 Å². The minimum atomic E-state index is -4.48. The van der Waals surface area contributed by atoms with E-state index in [1.54, 1.807) is 24.3 Å². The number of nitriles is 1. The number of alkyl halides is 3. The molecule has 136 valence electrons. The van der Waals surface area contributed by atoms with E-state index >= 15 is 0 Å². The summed E-state index contributed by atoms with van der Waals surface area (Å²) in [4.78, 5) is 13.6. The molecule has 1 unspecified atom stereocenters. The molecule has 2 rings (SSSR count). The van der Waals surface area contributed by atoms with Crippen molar-refractivity contribution >= 4 is 5.91 Å². The summed E-state index contributed by atoms with van der Waals surface area (Å²) >= 11 is 0. The summed E-state index contributed by atoms with van der Waals surface area (Å²) < 4.78 is 44.7. The number of benzene rings is 2. The lowest BCUT2D eigenvalue weighted by molar-refractivity contribution is -0.141. The number of hydrogen-bond donors (Lipinski definition) is 0. The van der Waals surface area contributed by atoms with E-state index in [-0.39, 0.29) is 12.1 Å². The molecule has 0 aliphatic heterocycles. The normalized spacial score (nSPS) is 12.2. The Hall–Kier alpha value is -3.01. The first kappa shape index (κ1) is 19.3. The average molecular weight is 362 g/mol. The van der Waals surface area contributed by atoms with Gasteiger partial charge in [-0.25, -0.2) is 0 Å². The van der Waals surface area contributed by atoms with Crippen molar-refractivity contribution in [2.24, 2.45) is 0 Å². The second kappa shape index (κ2) is 7.91. The number of carbonyl (C=O) groups excluding carboxylic acids is 1. The molecule has 0 aromatic heterocycles. The number of rotatable bonds is 5. The van der Waals surface area contributed by atoms with Crippen molar-refractivity contribution in [2.45, 2.75) is 25.7 Å². The van der Waals surface area contributed by atoms with E-state index in [1.807, 2.05) is 6.07 Å². The van der Waals surface area contributed by atoms with Crippen molar-refractivity contribution in [3.63, 3.8) is 0 Å². The van der Waals surface area contributed by atoms with Gasteiger partial charge in [0.05, 0.1) is 17.2 Å². The van der Waals surface area contributed by atoms with E-state index in [2.05, 4.69) is 0 Å². The molecular weight excluding hydrogens is 345 g/mol. The Morgan fingerprint density at radius 1 is 1.19 bits per heavy atom. The third-order valence-electron chi connectivity index (χ3n) is 3.75. The minimum Gasteiger partial charge on any atom is -0.481 e. The van der Waals surface area contributed by atoms with Crippen molar-refractivity contribution in [3.8, 4) is 11.8 Å². The van der Waals surface area contributed by atoms with Crippen molar-refractivity contribution in [2.75, 3.05) is 7.05 Å². The van der Waals surface area contributed by atoms with Gasteiger partial charge >= 0.3 is 6.18 Å². The molecule has 0 N–H and O–H groups in total. The quantitative estimate of drug-likeness (QED) is 0.808. The van der Waals surface area contributed by atoms with Gasteiger partial charge in [0.1, 0.15) is 5.75 Å². The summed E-state index contributed by atoms with van der Waals surface area (Å²) in [6.07, 6.45) is -5.36.